The van der Waals surface area contributed by atoms with E-state index in [9.17, 15) is 14.9 Å². The van der Waals surface area contributed by atoms with Crippen molar-refractivity contribution in [3.63, 3.8) is 0 Å². The zero-order valence-electron chi connectivity index (χ0n) is 10.3. The molecule has 106 valence electrons. The molecule has 2 rings (SSSR count). The summed E-state index contributed by atoms with van der Waals surface area (Å²) >= 11 is 0. The summed E-state index contributed by atoms with van der Waals surface area (Å²) in [4.78, 5) is 23.5. The number of amides is 1. The first-order valence-corrected chi connectivity index (χ1v) is 5.85. The van der Waals surface area contributed by atoms with Gasteiger partial charge in [-0.3, -0.25) is 14.9 Å². The molecule has 0 bridgehead atoms. The number of hydrogen-bond donors (Lipinski definition) is 1. The van der Waals surface area contributed by atoms with Crippen molar-refractivity contribution in [2.24, 2.45) is 11.7 Å². The number of furan rings is 1. The molecule has 1 aromatic rings. The first-order chi connectivity index (χ1) is 8.61. The van der Waals surface area contributed by atoms with Gasteiger partial charge in [0.05, 0.1) is 6.07 Å². The van der Waals surface area contributed by atoms with E-state index in [0.717, 1.165) is 12.8 Å². The van der Waals surface area contributed by atoms with E-state index in [1.54, 1.807) is 4.90 Å². The van der Waals surface area contributed by atoms with E-state index >= 15 is 0 Å². The van der Waals surface area contributed by atoms with E-state index in [1.165, 1.54) is 12.1 Å². The number of nitrogens with zero attached hydrogens (tertiary/aromatic N) is 2. The molecule has 0 aliphatic carbocycles. The second-order valence-electron chi connectivity index (χ2n) is 4.39. The minimum Gasteiger partial charge on any atom is -0.395 e. The second kappa shape index (κ2) is 6.53. The van der Waals surface area contributed by atoms with Crippen LogP contribution in [0.5, 0.6) is 0 Å². The Labute approximate surface area is 116 Å². The fraction of sp³-hybridized carbons (Fsp3) is 0.545. The Kier molecular flexibility index (Phi) is 5.31. The van der Waals surface area contributed by atoms with Crippen molar-refractivity contribution in [1.82, 2.24) is 4.90 Å². The molecule has 8 heteroatoms. The van der Waals surface area contributed by atoms with Crippen molar-refractivity contribution in [2.45, 2.75) is 12.8 Å². The Morgan fingerprint density at radius 3 is 2.89 bits per heavy atom. The summed E-state index contributed by atoms with van der Waals surface area (Å²) in [5.41, 5.74) is 5.60. The van der Waals surface area contributed by atoms with Gasteiger partial charge in [-0.05, 0) is 31.4 Å². The lowest BCUT2D eigenvalue weighted by Crippen LogP contribution is -2.41. The Bertz CT molecular complexity index is 463. The largest absolute Gasteiger partial charge is 0.433 e. The number of nitro groups is 1. The van der Waals surface area contributed by atoms with E-state index in [1.807, 2.05) is 0 Å². The molecule has 1 unspecified atom stereocenters. The highest BCUT2D eigenvalue weighted by Crippen LogP contribution is 2.21. The maximum Gasteiger partial charge on any atom is 0.433 e. The summed E-state index contributed by atoms with van der Waals surface area (Å²) in [6.45, 7) is 1.77. The topological polar surface area (TPSA) is 103 Å². The van der Waals surface area contributed by atoms with Gasteiger partial charge in [-0.1, -0.05) is 0 Å². The van der Waals surface area contributed by atoms with Crippen LogP contribution in [0.15, 0.2) is 16.5 Å². The van der Waals surface area contributed by atoms with Crippen molar-refractivity contribution in [1.29, 1.82) is 0 Å². The summed E-state index contributed by atoms with van der Waals surface area (Å²) in [6.07, 6.45) is 1.91. The lowest BCUT2D eigenvalue weighted by Gasteiger charge is -2.31. The first kappa shape index (κ1) is 15.5. The fourth-order valence-electron chi connectivity index (χ4n) is 2.14. The quantitative estimate of drug-likeness (QED) is 0.669. The smallest absolute Gasteiger partial charge is 0.395 e. The number of likely N-dealkylation sites (tertiary alicyclic amines) is 1. The summed E-state index contributed by atoms with van der Waals surface area (Å²) < 4.78 is 4.91. The van der Waals surface area contributed by atoms with E-state index in [4.69, 9.17) is 10.2 Å². The van der Waals surface area contributed by atoms with Gasteiger partial charge in [0.2, 0.25) is 0 Å². The van der Waals surface area contributed by atoms with Gasteiger partial charge < -0.3 is 15.1 Å². The van der Waals surface area contributed by atoms with E-state index < -0.39 is 10.8 Å². The first-order valence-electron chi connectivity index (χ1n) is 5.85. The average Bonchev–Trinajstić information content (AvgIpc) is 2.87. The lowest BCUT2D eigenvalue weighted by molar-refractivity contribution is -0.402. The predicted molar refractivity (Wildman–Crippen MR) is 70.3 cm³/mol. The number of piperidine rings is 1. The Balaban J connectivity index is 0.00000180. The normalized spacial score (nSPS) is 18.8. The van der Waals surface area contributed by atoms with Gasteiger partial charge >= 0.3 is 5.88 Å². The minimum absolute atomic E-state index is 0. The van der Waals surface area contributed by atoms with Crippen LogP contribution in [0.1, 0.15) is 23.4 Å². The van der Waals surface area contributed by atoms with Crippen LogP contribution in [0, 0.1) is 16.0 Å². The van der Waals surface area contributed by atoms with E-state index in [2.05, 4.69) is 0 Å². The molecular weight excluding hydrogens is 274 g/mol. The van der Waals surface area contributed by atoms with Crippen molar-refractivity contribution in [3.05, 3.63) is 28.0 Å². The number of hydrogen-bond acceptors (Lipinski definition) is 5. The van der Waals surface area contributed by atoms with Crippen LogP contribution in [0.4, 0.5) is 5.88 Å². The average molecular weight is 290 g/mol. The molecule has 19 heavy (non-hydrogen) atoms. The molecule has 1 amide bonds. The van der Waals surface area contributed by atoms with Gasteiger partial charge in [0.15, 0.2) is 5.76 Å². The van der Waals surface area contributed by atoms with Gasteiger partial charge in [0, 0.05) is 13.1 Å². The van der Waals surface area contributed by atoms with Gasteiger partial charge in [0.1, 0.15) is 4.92 Å². The highest BCUT2D eigenvalue weighted by molar-refractivity contribution is 5.91. The third kappa shape index (κ3) is 3.45. The van der Waals surface area contributed by atoms with Crippen LogP contribution in [0.3, 0.4) is 0 Å². The van der Waals surface area contributed by atoms with E-state index in [-0.39, 0.29) is 24.1 Å². The van der Waals surface area contributed by atoms with Crippen LogP contribution in [0.25, 0.3) is 0 Å². The van der Waals surface area contributed by atoms with Crippen molar-refractivity contribution >= 4 is 24.2 Å². The molecule has 1 saturated heterocycles. The van der Waals surface area contributed by atoms with Crippen LogP contribution in [-0.4, -0.2) is 35.4 Å². The van der Waals surface area contributed by atoms with Crippen LogP contribution in [-0.2, 0) is 0 Å². The van der Waals surface area contributed by atoms with Gasteiger partial charge in [-0.2, -0.15) is 0 Å². The fourth-order valence-corrected chi connectivity index (χ4v) is 2.14. The molecule has 7 nitrogen and oxygen atoms in total. The molecule has 2 N–H and O–H groups in total. The zero-order chi connectivity index (χ0) is 13.1. The predicted octanol–water partition coefficient (Wildman–Crippen LogP) is 1.42. The molecule has 1 aromatic heterocycles. The Morgan fingerprint density at radius 2 is 2.32 bits per heavy atom. The minimum atomic E-state index is -0.657. The molecular formula is C11H16ClN3O4. The van der Waals surface area contributed by atoms with Crippen molar-refractivity contribution in [3.8, 4) is 0 Å². The molecule has 2 heterocycles. The van der Waals surface area contributed by atoms with Crippen LogP contribution >= 0.6 is 12.4 Å². The molecule has 0 saturated carbocycles. The molecule has 1 aliphatic heterocycles. The van der Waals surface area contributed by atoms with Gasteiger partial charge in [0.25, 0.3) is 5.91 Å². The summed E-state index contributed by atoms with van der Waals surface area (Å²) in [7, 11) is 0. The molecule has 0 spiro atoms. The number of carbonyl (C=O) groups is 1. The maximum absolute atomic E-state index is 12.1. The standard InChI is InChI=1S/C11H15N3O4.ClH/c12-6-8-2-1-5-13(7-8)11(15)9-3-4-10(18-9)14(16)17;/h3-4,8H,1-2,5-7,12H2;1H. The molecule has 1 atom stereocenters. The monoisotopic (exact) mass is 289 g/mol. The van der Waals surface area contributed by atoms with E-state index in [0.29, 0.717) is 25.6 Å². The number of rotatable bonds is 3. The van der Waals surface area contributed by atoms with Crippen molar-refractivity contribution in [2.75, 3.05) is 19.6 Å². The maximum atomic E-state index is 12.1. The third-order valence-corrected chi connectivity index (χ3v) is 3.12. The molecule has 1 aliphatic rings. The molecule has 0 radical (unpaired) electrons. The number of carbonyl (C=O) groups excluding carboxylic acids is 1. The SMILES string of the molecule is Cl.NCC1CCCN(C(=O)c2ccc([N+](=O)[O-])o2)C1. The zero-order valence-corrected chi connectivity index (χ0v) is 11.1. The van der Waals surface area contributed by atoms with Crippen LogP contribution < -0.4 is 5.73 Å². The summed E-state index contributed by atoms with van der Waals surface area (Å²) in [5, 5.41) is 10.5. The highest BCUT2D eigenvalue weighted by Gasteiger charge is 2.26. The van der Waals surface area contributed by atoms with Gasteiger partial charge in [-0.15, -0.1) is 12.4 Å². The molecule has 1 fully saturated rings. The Hall–Kier alpha value is -1.60. The molecule has 0 aromatic carbocycles. The number of nitrogens with two attached hydrogens (primary N) is 1. The summed E-state index contributed by atoms with van der Waals surface area (Å²) in [5.74, 6) is -0.404. The highest BCUT2D eigenvalue weighted by atomic mass is 35.5. The third-order valence-electron chi connectivity index (χ3n) is 3.12. The van der Waals surface area contributed by atoms with Crippen LogP contribution in [0.2, 0.25) is 0 Å². The summed E-state index contributed by atoms with van der Waals surface area (Å²) in [6, 6.07) is 2.53. The van der Waals surface area contributed by atoms with Gasteiger partial charge in [-0.25, -0.2) is 0 Å². The van der Waals surface area contributed by atoms with Crippen molar-refractivity contribution < 1.29 is 14.1 Å². The Morgan fingerprint density at radius 1 is 1.58 bits per heavy atom. The lowest BCUT2D eigenvalue weighted by atomic mass is 9.98. The second-order valence-corrected chi connectivity index (χ2v) is 4.39. The number of halogens is 1.